The highest BCUT2D eigenvalue weighted by Gasteiger charge is 2.07. The SMILES string of the molecule is CCNc1cc(NCCN(C)C(C)CC)nc(COC)n1. The van der Waals surface area contributed by atoms with Crippen LogP contribution in [0.3, 0.4) is 0 Å². The fraction of sp³-hybridized carbons (Fsp3) is 0.733. The van der Waals surface area contributed by atoms with Crippen molar-refractivity contribution in [3.05, 3.63) is 11.9 Å². The van der Waals surface area contributed by atoms with Gasteiger partial charge in [0, 0.05) is 38.9 Å². The van der Waals surface area contributed by atoms with Gasteiger partial charge in [-0.1, -0.05) is 6.92 Å². The van der Waals surface area contributed by atoms with Crippen molar-refractivity contribution < 1.29 is 4.74 Å². The third-order valence-corrected chi connectivity index (χ3v) is 3.52. The Balaban J connectivity index is 2.60. The van der Waals surface area contributed by atoms with Gasteiger partial charge in [0.1, 0.15) is 18.2 Å². The van der Waals surface area contributed by atoms with E-state index >= 15 is 0 Å². The maximum absolute atomic E-state index is 5.12. The average Bonchev–Trinajstić information content (AvgIpc) is 2.46. The number of ether oxygens (including phenoxy) is 1. The van der Waals surface area contributed by atoms with E-state index in [2.05, 4.69) is 46.4 Å². The summed E-state index contributed by atoms with van der Waals surface area (Å²) in [7, 11) is 3.80. The molecule has 6 nitrogen and oxygen atoms in total. The average molecular weight is 295 g/mol. The fourth-order valence-corrected chi connectivity index (χ4v) is 1.95. The van der Waals surface area contributed by atoms with Gasteiger partial charge in [-0.25, -0.2) is 9.97 Å². The fourth-order valence-electron chi connectivity index (χ4n) is 1.95. The van der Waals surface area contributed by atoms with Crippen molar-refractivity contribution in [3.63, 3.8) is 0 Å². The van der Waals surface area contributed by atoms with E-state index < -0.39 is 0 Å². The van der Waals surface area contributed by atoms with E-state index in [4.69, 9.17) is 4.74 Å². The normalized spacial score (nSPS) is 12.5. The van der Waals surface area contributed by atoms with Crippen LogP contribution in [0.25, 0.3) is 0 Å². The number of hydrogen-bond donors (Lipinski definition) is 2. The Morgan fingerprint density at radius 2 is 1.90 bits per heavy atom. The molecule has 1 heterocycles. The van der Waals surface area contributed by atoms with Crippen LogP contribution >= 0.6 is 0 Å². The van der Waals surface area contributed by atoms with Crippen LogP contribution in [0.5, 0.6) is 0 Å². The zero-order valence-electron chi connectivity index (χ0n) is 13.9. The number of nitrogens with zero attached hydrogens (tertiary/aromatic N) is 3. The van der Waals surface area contributed by atoms with Crippen molar-refractivity contribution in [1.29, 1.82) is 0 Å². The topological polar surface area (TPSA) is 62.3 Å². The summed E-state index contributed by atoms with van der Waals surface area (Å²) in [5.74, 6) is 2.36. The molecule has 0 saturated heterocycles. The minimum absolute atomic E-state index is 0.417. The number of anilines is 2. The molecular weight excluding hydrogens is 266 g/mol. The van der Waals surface area contributed by atoms with Crippen molar-refractivity contribution in [2.45, 2.75) is 39.8 Å². The molecule has 120 valence electrons. The first-order chi connectivity index (χ1) is 10.1. The molecule has 0 aromatic carbocycles. The molecule has 0 bridgehead atoms. The lowest BCUT2D eigenvalue weighted by Crippen LogP contribution is -2.32. The molecule has 21 heavy (non-hydrogen) atoms. The predicted octanol–water partition coefficient (Wildman–Crippen LogP) is 2.20. The van der Waals surface area contributed by atoms with Gasteiger partial charge < -0.3 is 20.3 Å². The largest absolute Gasteiger partial charge is 0.377 e. The molecule has 0 aliphatic carbocycles. The minimum Gasteiger partial charge on any atom is -0.377 e. The molecule has 0 aliphatic rings. The van der Waals surface area contributed by atoms with Gasteiger partial charge in [0.25, 0.3) is 0 Å². The van der Waals surface area contributed by atoms with Gasteiger partial charge in [-0.2, -0.15) is 0 Å². The molecule has 0 aliphatic heterocycles. The van der Waals surface area contributed by atoms with E-state index in [0.717, 1.165) is 37.7 Å². The van der Waals surface area contributed by atoms with Gasteiger partial charge in [0.2, 0.25) is 0 Å². The Labute approximate surface area is 128 Å². The summed E-state index contributed by atoms with van der Waals surface area (Å²) in [5, 5.41) is 6.58. The Hall–Kier alpha value is -1.40. The number of methoxy groups -OCH3 is 1. The summed E-state index contributed by atoms with van der Waals surface area (Å²) in [5.41, 5.74) is 0. The molecule has 0 amide bonds. The summed E-state index contributed by atoms with van der Waals surface area (Å²) >= 11 is 0. The van der Waals surface area contributed by atoms with E-state index in [-0.39, 0.29) is 0 Å². The number of aromatic nitrogens is 2. The van der Waals surface area contributed by atoms with Crippen LogP contribution in [0.4, 0.5) is 11.6 Å². The molecule has 0 spiro atoms. The van der Waals surface area contributed by atoms with Gasteiger partial charge >= 0.3 is 0 Å². The number of nitrogens with one attached hydrogen (secondary N) is 2. The van der Waals surface area contributed by atoms with Crippen molar-refractivity contribution in [1.82, 2.24) is 14.9 Å². The van der Waals surface area contributed by atoms with E-state index in [9.17, 15) is 0 Å². The number of hydrogen-bond acceptors (Lipinski definition) is 6. The lowest BCUT2D eigenvalue weighted by atomic mass is 10.2. The molecule has 6 heteroatoms. The van der Waals surface area contributed by atoms with E-state index in [1.165, 1.54) is 0 Å². The standard InChI is InChI=1S/C15H29N5O/c1-6-12(3)20(4)9-8-17-14-10-13(16-7-2)18-15(19-14)11-21-5/h10,12H,6-9,11H2,1-5H3,(H2,16,17,18,19). The van der Waals surface area contributed by atoms with Crippen molar-refractivity contribution in [2.24, 2.45) is 0 Å². The van der Waals surface area contributed by atoms with Crippen molar-refractivity contribution in [2.75, 3.05) is 44.4 Å². The van der Waals surface area contributed by atoms with Crippen LogP contribution in [0.2, 0.25) is 0 Å². The van der Waals surface area contributed by atoms with Gasteiger partial charge in [-0.15, -0.1) is 0 Å². The predicted molar refractivity (Wildman–Crippen MR) is 87.8 cm³/mol. The highest BCUT2D eigenvalue weighted by molar-refractivity contribution is 5.47. The summed E-state index contributed by atoms with van der Waals surface area (Å²) < 4.78 is 5.12. The van der Waals surface area contributed by atoms with Gasteiger partial charge in [0.15, 0.2) is 5.82 Å². The highest BCUT2D eigenvalue weighted by atomic mass is 16.5. The maximum Gasteiger partial charge on any atom is 0.158 e. The van der Waals surface area contributed by atoms with E-state index in [1.807, 2.05) is 13.0 Å². The molecule has 1 atom stereocenters. The van der Waals surface area contributed by atoms with Crippen LogP contribution in [-0.2, 0) is 11.3 Å². The second-order valence-corrected chi connectivity index (χ2v) is 5.18. The third kappa shape index (κ3) is 6.27. The van der Waals surface area contributed by atoms with Crippen LogP contribution in [-0.4, -0.2) is 54.7 Å². The second-order valence-electron chi connectivity index (χ2n) is 5.18. The van der Waals surface area contributed by atoms with Crippen LogP contribution in [0, 0.1) is 0 Å². The summed E-state index contributed by atoms with van der Waals surface area (Å²) in [6.07, 6.45) is 1.16. The molecule has 1 rings (SSSR count). The third-order valence-electron chi connectivity index (χ3n) is 3.52. The zero-order valence-corrected chi connectivity index (χ0v) is 13.9. The Kier molecular flexibility index (Phi) is 8.00. The first-order valence-corrected chi connectivity index (χ1v) is 7.65. The van der Waals surface area contributed by atoms with Crippen LogP contribution < -0.4 is 10.6 Å². The Bertz CT molecular complexity index is 389. The molecular formula is C15H29N5O. The van der Waals surface area contributed by atoms with Gasteiger partial charge in [0.05, 0.1) is 0 Å². The first-order valence-electron chi connectivity index (χ1n) is 7.65. The quantitative estimate of drug-likeness (QED) is 0.690. The second kappa shape index (κ2) is 9.52. The smallest absolute Gasteiger partial charge is 0.158 e. The molecule has 1 aromatic heterocycles. The maximum atomic E-state index is 5.12. The van der Waals surface area contributed by atoms with E-state index in [0.29, 0.717) is 18.5 Å². The zero-order chi connectivity index (χ0) is 15.7. The molecule has 1 aromatic rings. The van der Waals surface area contributed by atoms with Gasteiger partial charge in [-0.3, -0.25) is 0 Å². The Morgan fingerprint density at radius 3 is 2.48 bits per heavy atom. The molecule has 1 unspecified atom stereocenters. The van der Waals surface area contributed by atoms with Crippen molar-refractivity contribution in [3.8, 4) is 0 Å². The summed E-state index contributed by atoms with van der Waals surface area (Å²) in [6.45, 7) is 9.58. The first kappa shape index (κ1) is 17.7. The number of rotatable bonds is 10. The monoisotopic (exact) mass is 295 g/mol. The number of likely N-dealkylation sites (N-methyl/N-ethyl adjacent to an activating group) is 1. The minimum atomic E-state index is 0.417. The van der Waals surface area contributed by atoms with Gasteiger partial charge in [-0.05, 0) is 27.3 Å². The Morgan fingerprint density at radius 1 is 1.24 bits per heavy atom. The van der Waals surface area contributed by atoms with Crippen LogP contribution in [0.15, 0.2) is 6.07 Å². The summed E-state index contributed by atoms with van der Waals surface area (Å²) in [6, 6.07) is 2.53. The lowest BCUT2D eigenvalue weighted by Gasteiger charge is -2.23. The lowest BCUT2D eigenvalue weighted by molar-refractivity contribution is 0.178. The molecule has 0 fully saturated rings. The summed E-state index contributed by atoms with van der Waals surface area (Å²) in [4.78, 5) is 11.2. The van der Waals surface area contributed by atoms with E-state index in [1.54, 1.807) is 7.11 Å². The highest BCUT2D eigenvalue weighted by Crippen LogP contribution is 2.12. The van der Waals surface area contributed by atoms with Crippen molar-refractivity contribution >= 4 is 11.6 Å². The molecule has 0 radical (unpaired) electrons. The molecule has 2 N–H and O–H groups in total. The van der Waals surface area contributed by atoms with Crippen LogP contribution in [0.1, 0.15) is 33.0 Å². The molecule has 0 saturated carbocycles.